The van der Waals surface area contributed by atoms with Crippen molar-refractivity contribution in [2.45, 2.75) is 51.7 Å². The maximum absolute atomic E-state index is 11.8. The zero-order valence-electron chi connectivity index (χ0n) is 15.7. The van der Waals surface area contributed by atoms with Gasteiger partial charge in [-0.3, -0.25) is 10.2 Å². The number of likely N-dealkylation sites (tertiary alicyclic amines) is 1. The smallest absolute Gasteiger partial charge is 0.413 e. The largest absolute Gasteiger partial charge is 0.444 e. The van der Waals surface area contributed by atoms with Crippen LogP contribution in [0.5, 0.6) is 0 Å². The molecule has 5 nitrogen and oxygen atoms in total. The van der Waals surface area contributed by atoms with Crippen LogP contribution >= 0.6 is 11.3 Å². The predicted octanol–water partition coefficient (Wildman–Crippen LogP) is 4.87. The summed E-state index contributed by atoms with van der Waals surface area (Å²) < 4.78 is 5.26. The highest BCUT2D eigenvalue weighted by atomic mass is 32.1. The molecule has 140 valence electrons. The molecule has 0 saturated carbocycles. The van der Waals surface area contributed by atoms with Gasteiger partial charge in [-0.1, -0.05) is 30.3 Å². The van der Waals surface area contributed by atoms with Gasteiger partial charge in [0.05, 0.1) is 0 Å². The fourth-order valence-corrected chi connectivity index (χ4v) is 4.04. The molecule has 1 amide bonds. The molecule has 0 radical (unpaired) electrons. The monoisotopic (exact) mass is 373 g/mol. The first-order valence-electron chi connectivity index (χ1n) is 9.11. The van der Waals surface area contributed by atoms with E-state index >= 15 is 0 Å². The molecule has 1 fully saturated rings. The average molecular weight is 374 g/mol. The molecule has 3 rings (SSSR count). The summed E-state index contributed by atoms with van der Waals surface area (Å²) in [6, 6.07) is 10.8. The van der Waals surface area contributed by atoms with Gasteiger partial charge >= 0.3 is 6.09 Å². The molecule has 0 unspecified atom stereocenters. The Morgan fingerprint density at radius 1 is 1.27 bits per heavy atom. The van der Waals surface area contributed by atoms with E-state index in [9.17, 15) is 4.79 Å². The van der Waals surface area contributed by atoms with E-state index in [2.05, 4.69) is 45.5 Å². The van der Waals surface area contributed by atoms with Crippen molar-refractivity contribution in [3.8, 4) is 0 Å². The van der Waals surface area contributed by atoms with Crippen LogP contribution in [0, 0.1) is 0 Å². The van der Waals surface area contributed by atoms with Gasteiger partial charge in [0.15, 0.2) is 5.13 Å². The van der Waals surface area contributed by atoms with Crippen LogP contribution in [0.25, 0.3) is 0 Å². The van der Waals surface area contributed by atoms with Crippen LogP contribution in [0.2, 0.25) is 0 Å². The van der Waals surface area contributed by atoms with Crippen LogP contribution in [-0.4, -0.2) is 34.7 Å². The molecule has 0 bridgehead atoms. The Bertz CT molecular complexity index is 716. The average Bonchev–Trinajstić information content (AvgIpc) is 3.01. The molecule has 1 aliphatic rings. The van der Waals surface area contributed by atoms with Crippen molar-refractivity contribution in [2.24, 2.45) is 0 Å². The first-order chi connectivity index (χ1) is 12.4. The number of hydrogen-bond acceptors (Lipinski definition) is 5. The molecule has 1 N–H and O–H groups in total. The number of carbonyl (C=O) groups is 1. The van der Waals surface area contributed by atoms with Crippen LogP contribution in [0.1, 0.15) is 50.0 Å². The van der Waals surface area contributed by atoms with Crippen molar-refractivity contribution in [1.29, 1.82) is 0 Å². The normalized spacial score (nSPS) is 16.4. The summed E-state index contributed by atoms with van der Waals surface area (Å²) in [6.45, 7) is 8.60. The number of nitrogens with one attached hydrogen (secondary N) is 1. The van der Waals surface area contributed by atoms with E-state index < -0.39 is 11.7 Å². The third-order valence-electron chi connectivity index (χ3n) is 4.40. The lowest BCUT2D eigenvalue weighted by Gasteiger charge is -2.31. The van der Waals surface area contributed by atoms with Gasteiger partial charge in [0, 0.05) is 17.6 Å². The SMILES string of the molecule is CC(C)(C)OC(=O)Nc1ncc(CN2CCC(c3ccccc3)CC2)s1. The topological polar surface area (TPSA) is 54.5 Å². The van der Waals surface area contributed by atoms with E-state index in [1.54, 1.807) is 0 Å². The van der Waals surface area contributed by atoms with Crippen LogP contribution in [0.3, 0.4) is 0 Å². The molecule has 0 aliphatic carbocycles. The fourth-order valence-electron chi connectivity index (χ4n) is 3.20. The Hall–Kier alpha value is -1.92. The van der Waals surface area contributed by atoms with Crippen molar-refractivity contribution < 1.29 is 9.53 Å². The van der Waals surface area contributed by atoms with Crippen molar-refractivity contribution in [3.63, 3.8) is 0 Å². The minimum Gasteiger partial charge on any atom is -0.444 e. The Labute approximate surface area is 159 Å². The van der Waals surface area contributed by atoms with Gasteiger partial charge in [-0.15, -0.1) is 11.3 Å². The standard InChI is InChI=1S/C20H27N3O2S/c1-20(2,3)25-19(24)22-18-21-13-17(26-18)14-23-11-9-16(10-12-23)15-7-5-4-6-8-15/h4-8,13,16H,9-12,14H2,1-3H3,(H,21,22,24). The van der Waals surface area contributed by atoms with Crippen LogP contribution < -0.4 is 5.32 Å². The molecule has 6 heteroatoms. The highest BCUT2D eigenvalue weighted by Gasteiger charge is 2.21. The van der Waals surface area contributed by atoms with Gasteiger partial charge in [-0.25, -0.2) is 9.78 Å². The molecule has 1 aliphatic heterocycles. The maximum atomic E-state index is 11.8. The number of benzene rings is 1. The number of rotatable bonds is 4. The molecule has 0 spiro atoms. The van der Waals surface area contributed by atoms with Crippen LogP contribution in [-0.2, 0) is 11.3 Å². The van der Waals surface area contributed by atoms with Gasteiger partial charge in [0.2, 0.25) is 0 Å². The van der Waals surface area contributed by atoms with E-state index in [1.807, 2.05) is 27.0 Å². The van der Waals surface area contributed by atoms with Gasteiger partial charge in [0.1, 0.15) is 5.60 Å². The lowest BCUT2D eigenvalue weighted by Crippen LogP contribution is -2.32. The number of ether oxygens (including phenoxy) is 1. The number of amides is 1. The Kier molecular flexibility index (Phi) is 5.94. The summed E-state index contributed by atoms with van der Waals surface area (Å²) in [5.74, 6) is 0.665. The number of anilines is 1. The van der Waals surface area contributed by atoms with Gasteiger partial charge in [-0.2, -0.15) is 0 Å². The second-order valence-electron chi connectivity index (χ2n) is 7.72. The van der Waals surface area contributed by atoms with Gasteiger partial charge in [-0.05, 0) is 58.2 Å². The summed E-state index contributed by atoms with van der Waals surface area (Å²) in [4.78, 5) is 19.7. The first-order valence-corrected chi connectivity index (χ1v) is 9.93. The van der Waals surface area contributed by atoms with Crippen molar-refractivity contribution in [2.75, 3.05) is 18.4 Å². The van der Waals surface area contributed by atoms with Crippen LogP contribution in [0.15, 0.2) is 36.5 Å². The number of nitrogens with zero attached hydrogens (tertiary/aromatic N) is 2. The molecule has 1 saturated heterocycles. The van der Waals surface area contributed by atoms with E-state index in [4.69, 9.17) is 4.74 Å². The highest BCUT2D eigenvalue weighted by Crippen LogP contribution is 2.29. The second kappa shape index (κ2) is 8.18. The third kappa shape index (κ3) is 5.54. The van der Waals surface area contributed by atoms with Gasteiger partial charge < -0.3 is 4.74 Å². The maximum Gasteiger partial charge on any atom is 0.413 e. The number of hydrogen-bond donors (Lipinski definition) is 1. The summed E-state index contributed by atoms with van der Waals surface area (Å²) in [7, 11) is 0. The first kappa shape index (κ1) is 18.9. The lowest BCUT2D eigenvalue weighted by molar-refractivity contribution is 0.0636. The summed E-state index contributed by atoms with van der Waals surface area (Å²) in [6.07, 6.45) is 3.76. The molecule has 26 heavy (non-hydrogen) atoms. The third-order valence-corrected chi connectivity index (χ3v) is 5.30. The number of thiazole rings is 1. The molecular formula is C20H27N3O2S. The minimum atomic E-state index is -0.507. The number of piperidine rings is 1. The van der Waals surface area contributed by atoms with Crippen molar-refractivity contribution in [1.82, 2.24) is 9.88 Å². The van der Waals surface area contributed by atoms with E-state index in [0.717, 1.165) is 24.5 Å². The zero-order chi connectivity index (χ0) is 18.6. The Morgan fingerprint density at radius 2 is 1.96 bits per heavy atom. The van der Waals surface area contributed by atoms with E-state index in [-0.39, 0.29) is 0 Å². The summed E-state index contributed by atoms with van der Waals surface area (Å²) >= 11 is 1.51. The summed E-state index contributed by atoms with van der Waals surface area (Å²) in [5, 5.41) is 3.30. The molecule has 2 aromatic rings. The zero-order valence-corrected chi connectivity index (χ0v) is 16.5. The molecular weight excluding hydrogens is 346 g/mol. The predicted molar refractivity (Wildman–Crippen MR) is 106 cm³/mol. The van der Waals surface area contributed by atoms with Crippen molar-refractivity contribution in [3.05, 3.63) is 47.0 Å². The van der Waals surface area contributed by atoms with Gasteiger partial charge in [0.25, 0.3) is 0 Å². The highest BCUT2D eigenvalue weighted by molar-refractivity contribution is 7.15. The lowest BCUT2D eigenvalue weighted by atomic mass is 9.89. The fraction of sp³-hybridized carbons (Fsp3) is 0.500. The molecule has 1 aromatic carbocycles. The quantitative estimate of drug-likeness (QED) is 0.831. The van der Waals surface area contributed by atoms with E-state index in [0.29, 0.717) is 11.0 Å². The molecule has 2 heterocycles. The van der Waals surface area contributed by atoms with Crippen LogP contribution in [0.4, 0.5) is 9.93 Å². The minimum absolute atomic E-state index is 0.456. The molecule has 0 atom stereocenters. The summed E-state index contributed by atoms with van der Waals surface area (Å²) in [5.41, 5.74) is 0.946. The van der Waals surface area contributed by atoms with Crippen molar-refractivity contribution >= 4 is 22.6 Å². The van der Waals surface area contributed by atoms with E-state index in [1.165, 1.54) is 29.7 Å². The second-order valence-corrected chi connectivity index (χ2v) is 8.83. The number of aromatic nitrogens is 1. The molecule has 1 aromatic heterocycles. The Balaban J connectivity index is 1.47. The Morgan fingerprint density at radius 3 is 2.62 bits per heavy atom. The number of carbonyl (C=O) groups excluding carboxylic acids is 1.